The zero-order chi connectivity index (χ0) is 25.9. The first-order chi connectivity index (χ1) is 17.2. The molecule has 1 saturated carbocycles. The van der Waals surface area contributed by atoms with Crippen molar-refractivity contribution in [3.05, 3.63) is 48.0 Å². The van der Waals surface area contributed by atoms with Crippen LogP contribution in [-0.2, 0) is 9.57 Å². The van der Waals surface area contributed by atoms with Gasteiger partial charge in [-0.05, 0) is 70.4 Å². The standard InChI is InChI=1S/C28H38N4O4/c1-28(2,3)36-27(33)31(5)20-11-7-8-12-21(18-20)32-22-13-9-10-14-24(22)35-25-17-19(15-16-23(25)32)26(29-4)30-34-6/h9-10,13-17,20-21H,7-8,11-12,18H2,1-6H3,(H,29,30)/t20-,21+/m1/s1. The highest BCUT2D eigenvalue weighted by molar-refractivity contribution is 5.99. The van der Waals surface area contributed by atoms with E-state index in [2.05, 4.69) is 27.5 Å². The number of carbonyl (C=O) groups excluding carboxylic acids is 1. The third kappa shape index (κ3) is 5.53. The molecule has 1 aliphatic heterocycles. The zero-order valence-corrected chi connectivity index (χ0v) is 22.2. The average molecular weight is 495 g/mol. The number of hydrogen-bond donors (Lipinski definition) is 1. The molecule has 2 aliphatic rings. The summed E-state index contributed by atoms with van der Waals surface area (Å²) in [6.07, 6.45) is 4.74. The van der Waals surface area contributed by atoms with E-state index in [0.29, 0.717) is 5.84 Å². The summed E-state index contributed by atoms with van der Waals surface area (Å²) < 4.78 is 12.0. The number of rotatable bonds is 4. The smallest absolute Gasteiger partial charge is 0.410 e. The number of oxime groups is 1. The molecule has 1 aliphatic carbocycles. The number of nitrogens with one attached hydrogen (secondary N) is 1. The third-order valence-corrected chi connectivity index (χ3v) is 6.72. The fourth-order valence-electron chi connectivity index (χ4n) is 5.04. The SMILES string of the molecule is CN/C(=N\OC)c1ccc2c(c1)Oc1ccccc1N2[C@H]1CCCC[C@@H](N(C)C(=O)OC(C)(C)C)C1. The topological polar surface area (TPSA) is 75.6 Å². The molecular weight excluding hydrogens is 456 g/mol. The van der Waals surface area contributed by atoms with E-state index in [0.717, 1.165) is 60.5 Å². The van der Waals surface area contributed by atoms with Crippen LogP contribution < -0.4 is 15.0 Å². The first kappa shape index (κ1) is 25.7. The number of amidine groups is 1. The minimum absolute atomic E-state index is 0.0924. The molecular formula is C28H38N4O4. The number of ether oxygens (including phenoxy) is 2. The maximum absolute atomic E-state index is 12.9. The van der Waals surface area contributed by atoms with Gasteiger partial charge in [0.15, 0.2) is 17.3 Å². The highest BCUT2D eigenvalue weighted by atomic mass is 16.6. The van der Waals surface area contributed by atoms with Crippen LogP contribution in [0.3, 0.4) is 0 Å². The minimum Gasteiger partial charge on any atom is -0.453 e. The van der Waals surface area contributed by atoms with Gasteiger partial charge >= 0.3 is 6.09 Å². The minimum atomic E-state index is -0.520. The number of fused-ring (bicyclic) bond motifs is 2. The maximum atomic E-state index is 12.9. The fraction of sp³-hybridized carbons (Fsp3) is 0.500. The van der Waals surface area contributed by atoms with Crippen LogP contribution in [0.15, 0.2) is 47.6 Å². The molecule has 2 atom stereocenters. The Morgan fingerprint density at radius 3 is 2.56 bits per heavy atom. The van der Waals surface area contributed by atoms with Crippen molar-refractivity contribution in [2.24, 2.45) is 5.16 Å². The molecule has 0 radical (unpaired) electrons. The van der Waals surface area contributed by atoms with Gasteiger partial charge in [0.2, 0.25) is 0 Å². The van der Waals surface area contributed by atoms with E-state index in [-0.39, 0.29) is 18.2 Å². The third-order valence-electron chi connectivity index (χ3n) is 6.72. The lowest BCUT2D eigenvalue weighted by Crippen LogP contribution is -2.44. The largest absolute Gasteiger partial charge is 0.453 e. The number of benzene rings is 2. The Morgan fingerprint density at radius 2 is 1.83 bits per heavy atom. The Bertz CT molecular complexity index is 1110. The van der Waals surface area contributed by atoms with Crippen LogP contribution in [-0.4, -0.2) is 55.7 Å². The van der Waals surface area contributed by atoms with Crippen LogP contribution in [0.25, 0.3) is 0 Å². The molecule has 0 aromatic heterocycles. The van der Waals surface area contributed by atoms with Crippen LogP contribution in [0.5, 0.6) is 11.5 Å². The molecule has 1 heterocycles. The molecule has 194 valence electrons. The van der Waals surface area contributed by atoms with E-state index in [9.17, 15) is 4.79 Å². The van der Waals surface area contributed by atoms with Crippen LogP contribution in [0, 0.1) is 0 Å². The first-order valence-electron chi connectivity index (χ1n) is 12.7. The summed E-state index contributed by atoms with van der Waals surface area (Å²) in [5.74, 6) is 2.22. The number of carbonyl (C=O) groups is 1. The van der Waals surface area contributed by atoms with Gasteiger partial charge in [0, 0.05) is 31.7 Å². The quantitative estimate of drug-likeness (QED) is 0.242. The van der Waals surface area contributed by atoms with Gasteiger partial charge in [-0.25, -0.2) is 4.79 Å². The van der Waals surface area contributed by atoms with Crippen molar-refractivity contribution in [2.75, 3.05) is 26.1 Å². The highest BCUT2D eigenvalue weighted by Crippen LogP contribution is 2.49. The number of para-hydroxylation sites is 2. The monoisotopic (exact) mass is 494 g/mol. The van der Waals surface area contributed by atoms with E-state index in [4.69, 9.17) is 14.3 Å². The summed E-state index contributed by atoms with van der Waals surface area (Å²) in [4.78, 5) is 22.1. The summed E-state index contributed by atoms with van der Waals surface area (Å²) >= 11 is 0. The predicted molar refractivity (Wildman–Crippen MR) is 142 cm³/mol. The maximum Gasteiger partial charge on any atom is 0.410 e. The molecule has 1 N–H and O–H groups in total. The molecule has 0 spiro atoms. The highest BCUT2D eigenvalue weighted by Gasteiger charge is 2.35. The molecule has 0 saturated heterocycles. The van der Waals surface area contributed by atoms with Crippen LogP contribution in [0.4, 0.5) is 16.2 Å². The van der Waals surface area contributed by atoms with Crippen molar-refractivity contribution in [1.82, 2.24) is 10.2 Å². The van der Waals surface area contributed by atoms with E-state index >= 15 is 0 Å². The number of nitrogens with zero attached hydrogens (tertiary/aromatic N) is 3. The van der Waals surface area contributed by atoms with E-state index < -0.39 is 5.60 Å². The van der Waals surface area contributed by atoms with E-state index in [1.165, 1.54) is 7.11 Å². The van der Waals surface area contributed by atoms with Crippen LogP contribution >= 0.6 is 0 Å². The molecule has 2 aromatic rings. The Balaban J connectivity index is 1.68. The molecule has 8 heteroatoms. The Hall–Kier alpha value is -3.42. The lowest BCUT2D eigenvalue weighted by Gasteiger charge is -2.40. The van der Waals surface area contributed by atoms with Crippen LogP contribution in [0.2, 0.25) is 0 Å². The molecule has 1 amide bonds. The summed E-state index contributed by atoms with van der Waals surface area (Å²) in [6.45, 7) is 5.71. The Morgan fingerprint density at radius 1 is 1.11 bits per heavy atom. The molecule has 8 nitrogen and oxygen atoms in total. The molecule has 0 bridgehead atoms. The van der Waals surface area contributed by atoms with E-state index in [1.807, 2.05) is 65.2 Å². The second kappa shape index (κ2) is 10.7. The van der Waals surface area contributed by atoms with Crippen molar-refractivity contribution in [1.29, 1.82) is 0 Å². The number of anilines is 2. The Labute approximate surface area is 214 Å². The van der Waals surface area contributed by atoms with E-state index in [1.54, 1.807) is 4.90 Å². The molecule has 36 heavy (non-hydrogen) atoms. The molecule has 0 unspecified atom stereocenters. The van der Waals surface area contributed by atoms with Gasteiger partial charge in [-0.2, -0.15) is 0 Å². The summed E-state index contributed by atoms with van der Waals surface area (Å²) in [7, 11) is 5.20. The van der Waals surface area contributed by atoms with Crippen LogP contribution in [0.1, 0.15) is 58.4 Å². The van der Waals surface area contributed by atoms with Gasteiger partial charge in [0.25, 0.3) is 0 Å². The fourth-order valence-corrected chi connectivity index (χ4v) is 5.04. The lowest BCUT2D eigenvalue weighted by molar-refractivity contribution is 0.0205. The zero-order valence-electron chi connectivity index (χ0n) is 22.2. The molecule has 4 rings (SSSR count). The average Bonchev–Trinajstić information content (AvgIpc) is 3.10. The first-order valence-corrected chi connectivity index (χ1v) is 12.7. The van der Waals surface area contributed by atoms with Gasteiger partial charge in [-0.1, -0.05) is 30.1 Å². The van der Waals surface area contributed by atoms with Gasteiger partial charge in [0.05, 0.1) is 11.4 Å². The normalized spacial score (nSPS) is 19.8. The molecule has 1 fully saturated rings. The predicted octanol–water partition coefficient (Wildman–Crippen LogP) is 6.03. The van der Waals surface area contributed by atoms with Crippen molar-refractivity contribution in [3.8, 4) is 11.5 Å². The van der Waals surface area contributed by atoms with Gasteiger partial charge < -0.3 is 29.4 Å². The van der Waals surface area contributed by atoms with Gasteiger partial charge in [0.1, 0.15) is 12.7 Å². The summed E-state index contributed by atoms with van der Waals surface area (Å²) in [6, 6.07) is 14.5. The number of amides is 1. The second-order valence-electron chi connectivity index (χ2n) is 10.4. The lowest BCUT2D eigenvalue weighted by atomic mass is 9.99. The summed E-state index contributed by atoms with van der Waals surface area (Å²) in [5, 5.41) is 7.17. The molecule has 2 aromatic carbocycles. The summed E-state index contributed by atoms with van der Waals surface area (Å²) in [5.41, 5.74) is 2.41. The van der Waals surface area contributed by atoms with Crippen molar-refractivity contribution in [3.63, 3.8) is 0 Å². The van der Waals surface area contributed by atoms with Gasteiger partial charge in [-0.3, -0.25) is 0 Å². The van der Waals surface area contributed by atoms with Crippen molar-refractivity contribution in [2.45, 2.75) is 70.6 Å². The van der Waals surface area contributed by atoms with Gasteiger partial charge in [-0.15, -0.1) is 0 Å². The number of hydrogen-bond acceptors (Lipinski definition) is 6. The Kier molecular flexibility index (Phi) is 7.62. The van der Waals surface area contributed by atoms with Crippen molar-refractivity contribution < 1.29 is 19.1 Å². The second-order valence-corrected chi connectivity index (χ2v) is 10.4. The van der Waals surface area contributed by atoms with Crippen molar-refractivity contribution >= 4 is 23.3 Å².